The summed E-state index contributed by atoms with van der Waals surface area (Å²) in [4.78, 5) is 14.9. The summed E-state index contributed by atoms with van der Waals surface area (Å²) >= 11 is 1.89. The molecule has 1 aliphatic rings. The van der Waals surface area contributed by atoms with Gasteiger partial charge in [-0.3, -0.25) is 0 Å². The normalized spacial score (nSPS) is 11.9. The maximum absolute atomic E-state index is 4.99. The number of fused-ring (bicyclic) bond motifs is 7. The smallest absolute Gasteiger partial charge is 0.164 e. The molecule has 0 aliphatic heterocycles. The molecule has 0 fully saturated rings. The molecule has 11 rings (SSSR count). The molecule has 4 heteroatoms. The Labute approximate surface area is 298 Å². The van der Waals surface area contributed by atoms with Crippen molar-refractivity contribution in [2.45, 2.75) is 0 Å². The minimum absolute atomic E-state index is 0.658. The van der Waals surface area contributed by atoms with Gasteiger partial charge in [0.15, 0.2) is 17.5 Å². The quantitative estimate of drug-likeness (QED) is 0.188. The van der Waals surface area contributed by atoms with Crippen LogP contribution in [0.1, 0.15) is 0 Å². The molecule has 0 saturated heterocycles. The van der Waals surface area contributed by atoms with Crippen molar-refractivity contribution in [2.24, 2.45) is 0 Å². The zero-order valence-electron chi connectivity index (χ0n) is 27.3. The lowest BCUT2D eigenvalue weighted by molar-refractivity contribution is 1.07. The molecule has 2 aromatic heterocycles. The molecule has 0 unspecified atom stereocenters. The van der Waals surface area contributed by atoms with E-state index in [1.807, 2.05) is 72.0 Å². The zero-order chi connectivity index (χ0) is 33.5. The maximum atomic E-state index is 4.99. The van der Waals surface area contributed by atoms with E-state index < -0.39 is 0 Å². The third-order valence-electron chi connectivity index (χ3n) is 10.2. The first-order chi connectivity index (χ1) is 25.3. The third kappa shape index (κ3) is 4.40. The number of aromatic nitrogens is 3. The maximum Gasteiger partial charge on any atom is 0.164 e. The Bertz CT molecular complexity index is 2960. The van der Waals surface area contributed by atoms with Gasteiger partial charge >= 0.3 is 0 Å². The van der Waals surface area contributed by atoms with Crippen LogP contribution >= 0.6 is 11.3 Å². The van der Waals surface area contributed by atoms with Crippen LogP contribution in [0.5, 0.6) is 0 Å². The highest BCUT2D eigenvalue weighted by Crippen LogP contribution is 2.51. The van der Waals surface area contributed by atoms with Gasteiger partial charge in [0, 0.05) is 36.9 Å². The molecule has 8 aromatic carbocycles. The molecule has 0 atom stereocenters. The van der Waals surface area contributed by atoms with Crippen LogP contribution in [0.2, 0.25) is 0 Å². The second kappa shape index (κ2) is 11.0. The van der Waals surface area contributed by atoms with Crippen LogP contribution in [0, 0.1) is 0 Å². The van der Waals surface area contributed by atoms with E-state index in [2.05, 4.69) is 103 Å². The Morgan fingerprint density at radius 2 is 0.863 bits per heavy atom. The Morgan fingerprint density at radius 3 is 1.53 bits per heavy atom. The van der Waals surface area contributed by atoms with Crippen LogP contribution in [0.4, 0.5) is 0 Å². The van der Waals surface area contributed by atoms with Crippen LogP contribution in [0.15, 0.2) is 164 Å². The lowest BCUT2D eigenvalue weighted by Gasteiger charge is -2.12. The predicted molar refractivity (Wildman–Crippen MR) is 214 cm³/mol. The molecular weight excluding hydrogens is 639 g/mol. The first kappa shape index (κ1) is 28.4. The standard InChI is InChI=1S/C47H27N3S/c1-3-11-29(12-4-1)45-48-46(30-13-5-2-6-14-30)50-47(49-45)32-23-24-33-31(25-32)17-9-18-34(33)35-21-10-22-41-44(35)40-26-38-36-19-7-15-28-16-8-20-37(43(28)36)39(38)27-42(40)51-41/h1-27H. The summed E-state index contributed by atoms with van der Waals surface area (Å²) in [7, 11) is 0. The second-order valence-corrected chi connectivity index (χ2v) is 14.2. The van der Waals surface area contributed by atoms with Crippen LogP contribution in [-0.2, 0) is 0 Å². The van der Waals surface area contributed by atoms with Crippen molar-refractivity contribution in [3.8, 4) is 67.5 Å². The Balaban J connectivity index is 1.08. The highest BCUT2D eigenvalue weighted by Gasteiger charge is 2.24. The molecular formula is C47H27N3S. The van der Waals surface area contributed by atoms with Gasteiger partial charge in [0.05, 0.1) is 0 Å². The first-order valence-electron chi connectivity index (χ1n) is 17.2. The third-order valence-corrected chi connectivity index (χ3v) is 11.4. The molecule has 0 saturated carbocycles. The summed E-state index contributed by atoms with van der Waals surface area (Å²) in [6.45, 7) is 0. The van der Waals surface area contributed by atoms with E-state index in [4.69, 9.17) is 15.0 Å². The molecule has 0 spiro atoms. The summed E-state index contributed by atoms with van der Waals surface area (Å²) in [6.07, 6.45) is 0. The molecule has 2 heterocycles. The molecule has 0 bridgehead atoms. The van der Waals surface area contributed by atoms with Gasteiger partial charge in [0.25, 0.3) is 0 Å². The van der Waals surface area contributed by atoms with Gasteiger partial charge in [0.1, 0.15) is 0 Å². The molecule has 0 radical (unpaired) electrons. The molecule has 3 nitrogen and oxygen atoms in total. The van der Waals surface area contributed by atoms with Crippen LogP contribution in [0.3, 0.4) is 0 Å². The summed E-state index contributed by atoms with van der Waals surface area (Å²) in [5.74, 6) is 1.98. The highest BCUT2D eigenvalue weighted by molar-refractivity contribution is 7.26. The van der Waals surface area contributed by atoms with Gasteiger partial charge in [-0.15, -0.1) is 11.3 Å². The lowest BCUT2D eigenvalue weighted by atomic mass is 9.93. The number of hydrogen-bond donors (Lipinski definition) is 0. The Kier molecular flexibility index (Phi) is 6.12. The SMILES string of the molecule is c1ccc(-c2nc(-c3ccccc3)nc(-c3ccc4c(-c5cccc6sc7cc8c(cc7c56)-c5cccc6cccc-8c56)cccc4c3)n2)cc1. The lowest BCUT2D eigenvalue weighted by Crippen LogP contribution is -2.00. The van der Waals surface area contributed by atoms with Crippen molar-refractivity contribution < 1.29 is 0 Å². The predicted octanol–water partition coefficient (Wildman–Crippen LogP) is 12.9. The topological polar surface area (TPSA) is 38.7 Å². The largest absolute Gasteiger partial charge is 0.208 e. The van der Waals surface area contributed by atoms with Crippen LogP contribution < -0.4 is 0 Å². The van der Waals surface area contributed by atoms with E-state index >= 15 is 0 Å². The first-order valence-corrected chi connectivity index (χ1v) is 18.0. The summed E-state index contributed by atoms with van der Waals surface area (Å²) in [5.41, 5.74) is 10.7. The molecule has 0 amide bonds. The Morgan fingerprint density at radius 1 is 0.314 bits per heavy atom. The van der Waals surface area contributed by atoms with E-state index in [0.29, 0.717) is 17.5 Å². The summed E-state index contributed by atoms with van der Waals surface area (Å²) in [5, 5.41) is 7.65. The fourth-order valence-electron chi connectivity index (χ4n) is 7.93. The number of hydrogen-bond acceptors (Lipinski definition) is 4. The van der Waals surface area contributed by atoms with Gasteiger partial charge in [0.2, 0.25) is 0 Å². The minimum atomic E-state index is 0.658. The zero-order valence-corrected chi connectivity index (χ0v) is 28.2. The van der Waals surface area contributed by atoms with Crippen molar-refractivity contribution in [2.75, 3.05) is 0 Å². The van der Waals surface area contributed by atoms with Crippen molar-refractivity contribution in [1.82, 2.24) is 15.0 Å². The number of rotatable bonds is 4. The van der Waals surface area contributed by atoms with Crippen molar-refractivity contribution >= 4 is 53.1 Å². The van der Waals surface area contributed by atoms with Gasteiger partial charge in [-0.2, -0.15) is 0 Å². The fourth-order valence-corrected chi connectivity index (χ4v) is 9.08. The van der Waals surface area contributed by atoms with Gasteiger partial charge in [-0.1, -0.05) is 140 Å². The number of nitrogens with zero attached hydrogens (tertiary/aromatic N) is 3. The van der Waals surface area contributed by atoms with Gasteiger partial charge in [-0.25, -0.2) is 15.0 Å². The summed E-state index contributed by atoms with van der Waals surface area (Å²) < 4.78 is 2.63. The summed E-state index contributed by atoms with van der Waals surface area (Å²) in [6, 6.07) is 58.5. The number of thiophene rings is 1. The highest BCUT2D eigenvalue weighted by atomic mass is 32.1. The monoisotopic (exact) mass is 665 g/mol. The minimum Gasteiger partial charge on any atom is -0.208 e. The van der Waals surface area contributed by atoms with Gasteiger partial charge in [-0.05, 0) is 79.2 Å². The molecule has 1 aliphatic carbocycles. The average Bonchev–Trinajstić information content (AvgIpc) is 3.73. The second-order valence-electron chi connectivity index (χ2n) is 13.2. The molecule has 0 N–H and O–H groups in total. The van der Waals surface area contributed by atoms with Crippen molar-refractivity contribution in [1.29, 1.82) is 0 Å². The van der Waals surface area contributed by atoms with E-state index in [-0.39, 0.29) is 0 Å². The fraction of sp³-hybridized carbons (Fsp3) is 0. The Hall–Kier alpha value is -6.49. The number of benzene rings is 8. The molecule has 10 aromatic rings. The van der Waals surface area contributed by atoms with E-state index in [0.717, 1.165) is 22.1 Å². The van der Waals surface area contributed by atoms with Crippen molar-refractivity contribution in [3.63, 3.8) is 0 Å². The average molecular weight is 666 g/mol. The molecule has 51 heavy (non-hydrogen) atoms. The van der Waals surface area contributed by atoms with Crippen LogP contribution in [-0.4, -0.2) is 15.0 Å². The van der Waals surface area contributed by atoms with E-state index in [1.54, 1.807) is 0 Å². The van der Waals surface area contributed by atoms with Crippen LogP contribution in [0.25, 0.3) is 109 Å². The van der Waals surface area contributed by atoms with E-state index in [9.17, 15) is 0 Å². The van der Waals surface area contributed by atoms with E-state index in [1.165, 1.54) is 69.7 Å². The van der Waals surface area contributed by atoms with Gasteiger partial charge < -0.3 is 0 Å². The molecule has 236 valence electrons. The van der Waals surface area contributed by atoms with Crippen molar-refractivity contribution in [3.05, 3.63) is 164 Å².